The van der Waals surface area contributed by atoms with Crippen molar-refractivity contribution in [3.8, 4) is 0 Å². The van der Waals surface area contributed by atoms with Crippen molar-refractivity contribution in [2.45, 2.75) is 33.6 Å². The molecule has 1 rings (SSSR count). The van der Waals surface area contributed by atoms with E-state index >= 15 is 0 Å². The van der Waals surface area contributed by atoms with E-state index in [0.717, 1.165) is 0 Å². The lowest BCUT2D eigenvalue weighted by atomic mass is 9.65. The van der Waals surface area contributed by atoms with Crippen LogP contribution in [0.2, 0.25) is 0 Å². The molecule has 0 heterocycles. The number of primary amides is 1. The maximum Gasteiger partial charge on any atom is 0.312 e. The number of carbonyl (C=O) groups is 2. The van der Waals surface area contributed by atoms with Crippen LogP contribution in [0.1, 0.15) is 33.6 Å². The van der Waals surface area contributed by atoms with Crippen LogP contribution in [0, 0.1) is 16.7 Å². The largest absolute Gasteiger partial charge is 0.469 e. The Morgan fingerprint density at radius 2 is 1.87 bits per heavy atom. The number of hydrogen-bond acceptors (Lipinski definition) is 3. The number of esters is 1. The lowest BCUT2D eigenvalue weighted by molar-refractivity contribution is -0.158. The summed E-state index contributed by atoms with van der Waals surface area (Å²) in [5.74, 6) is -0.828. The fraction of sp³-hybridized carbons (Fsp3) is 0.818. The highest BCUT2D eigenvalue weighted by Gasteiger charge is 2.58. The molecule has 0 spiro atoms. The molecule has 1 saturated carbocycles. The van der Waals surface area contributed by atoms with Crippen molar-refractivity contribution < 1.29 is 14.3 Å². The van der Waals surface area contributed by atoms with E-state index in [1.165, 1.54) is 7.11 Å². The van der Waals surface area contributed by atoms with Crippen molar-refractivity contribution in [2.24, 2.45) is 22.5 Å². The summed E-state index contributed by atoms with van der Waals surface area (Å²) in [7, 11) is 1.38. The molecular weight excluding hydrogens is 194 g/mol. The number of hydrogen-bond donors (Lipinski definition) is 1. The summed E-state index contributed by atoms with van der Waals surface area (Å²) in [6, 6.07) is 0. The molecule has 1 aliphatic carbocycles. The molecular formula is C11H19NO3. The first-order chi connectivity index (χ1) is 6.77. The topological polar surface area (TPSA) is 69.4 Å². The molecule has 1 fully saturated rings. The molecule has 2 N–H and O–H groups in total. The average molecular weight is 213 g/mol. The molecule has 0 aliphatic heterocycles. The molecule has 0 unspecified atom stereocenters. The zero-order valence-corrected chi connectivity index (χ0v) is 9.79. The average Bonchev–Trinajstić information content (AvgIpc) is 2.38. The van der Waals surface area contributed by atoms with Crippen LogP contribution in [0.3, 0.4) is 0 Å². The van der Waals surface area contributed by atoms with Crippen molar-refractivity contribution in [2.75, 3.05) is 7.11 Å². The molecule has 4 nitrogen and oxygen atoms in total. The summed E-state index contributed by atoms with van der Waals surface area (Å²) in [5, 5.41) is 0. The van der Waals surface area contributed by atoms with Gasteiger partial charge in [0.1, 0.15) is 0 Å². The van der Waals surface area contributed by atoms with Gasteiger partial charge in [-0.05, 0) is 25.2 Å². The predicted octanol–water partition coefficient (Wildman–Crippen LogP) is 1.09. The Balaban J connectivity index is 3.06. The van der Waals surface area contributed by atoms with E-state index < -0.39 is 10.8 Å². The van der Waals surface area contributed by atoms with Crippen molar-refractivity contribution >= 4 is 11.9 Å². The number of carbonyl (C=O) groups excluding carboxylic acids is 2. The summed E-state index contributed by atoms with van der Waals surface area (Å²) >= 11 is 0. The molecule has 0 bridgehead atoms. The molecule has 4 heteroatoms. The van der Waals surface area contributed by atoms with E-state index in [0.29, 0.717) is 12.8 Å². The van der Waals surface area contributed by atoms with Gasteiger partial charge in [-0.25, -0.2) is 0 Å². The Hall–Kier alpha value is -1.06. The van der Waals surface area contributed by atoms with Gasteiger partial charge in [-0.1, -0.05) is 13.8 Å². The van der Waals surface area contributed by atoms with Crippen LogP contribution in [-0.4, -0.2) is 19.0 Å². The van der Waals surface area contributed by atoms with Crippen LogP contribution in [0.5, 0.6) is 0 Å². The number of rotatable bonds is 2. The highest BCUT2D eigenvalue weighted by molar-refractivity contribution is 5.83. The SMILES string of the molecule is COC(=O)[C@@]1(C)CC[C@@H](C(N)=O)C1(C)C. The van der Waals surface area contributed by atoms with Crippen LogP contribution in [0.4, 0.5) is 0 Å². The molecule has 0 aromatic rings. The fourth-order valence-corrected chi connectivity index (χ4v) is 2.59. The second-order valence-electron chi connectivity index (χ2n) is 5.04. The molecule has 0 radical (unpaired) electrons. The Bertz CT molecular complexity index is 298. The lowest BCUT2D eigenvalue weighted by Crippen LogP contribution is -2.44. The van der Waals surface area contributed by atoms with Gasteiger partial charge in [0, 0.05) is 5.92 Å². The van der Waals surface area contributed by atoms with Gasteiger partial charge < -0.3 is 10.5 Å². The second-order valence-corrected chi connectivity index (χ2v) is 5.04. The van der Waals surface area contributed by atoms with Crippen molar-refractivity contribution in [1.82, 2.24) is 0 Å². The third-order valence-corrected chi connectivity index (χ3v) is 4.21. The van der Waals surface area contributed by atoms with Crippen LogP contribution < -0.4 is 5.73 Å². The second kappa shape index (κ2) is 3.51. The minimum absolute atomic E-state index is 0.249. The molecule has 1 amide bonds. The molecule has 0 aromatic heterocycles. The molecule has 86 valence electrons. The van der Waals surface area contributed by atoms with Crippen molar-refractivity contribution in [3.63, 3.8) is 0 Å². The first-order valence-electron chi connectivity index (χ1n) is 5.15. The van der Waals surface area contributed by atoms with Gasteiger partial charge in [0.2, 0.25) is 5.91 Å². The first-order valence-corrected chi connectivity index (χ1v) is 5.15. The summed E-state index contributed by atoms with van der Waals surface area (Å²) in [4.78, 5) is 23.0. The molecule has 15 heavy (non-hydrogen) atoms. The minimum atomic E-state index is -0.610. The van der Waals surface area contributed by atoms with E-state index in [9.17, 15) is 9.59 Å². The van der Waals surface area contributed by atoms with E-state index in [1.54, 1.807) is 0 Å². The van der Waals surface area contributed by atoms with E-state index in [2.05, 4.69) is 0 Å². The normalized spacial score (nSPS) is 33.7. The number of ether oxygens (including phenoxy) is 1. The first kappa shape index (κ1) is 12.0. The minimum Gasteiger partial charge on any atom is -0.469 e. The highest BCUT2D eigenvalue weighted by Crippen LogP contribution is 2.56. The zero-order chi connectivity index (χ0) is 11.9. The monoisotopic (exact) mass is 213 g/mol. The maximum atomic E-state index is 11.7. The van der Waals surface area contributed by atoms with Gasteiger partial charge in [0.15, 0.2) is 0 Å². The summed E-state index contributed by atoms with van der Waals surface area (Å²) < 4.78 is 4.81. The summed E-state index contributed by atoms with van der Waals surface area (Å²) in [5.41, 5.74) is 4.30. The maximum absolute atomic E-state index is 11.7. The number of amides is 1. The van der Waals surface area contributed by atoms with Gasteiger partial charge in [0.05, 0.1) is 12.5 Å². The summed E-state index contributed by atoms with van der Waals surface area (Å²) in [6.45, 7) is 5.67. The van der Waals surface area contributed by atoms with Gasteiger partial charge in [-0.15, -0.1) is 0 Å². The predicted molar refractivity (Wildman–Crippen MR) is 55.8 cm³/mol. The Labute approximate surface area is 90.2 Å². The van der Waals surface area contributed by atoms with Crippen molar-refractivity contribution in [1.29, 1.82) is 0 Å². The van der Waals surface area contributed by atoms with Crippen LogP contribution >= 0.6 is 0 Å². The fourth-order valence-electron chi connectivity index (χ4n) is 2.59. The Morgan fingerprint density at radius 1 is 1.33 bits per heavy atom. The highest BCUT2D eigenvalue weighted by atomic mass is 16.5. The van der Waals surface area contributed by atoms with Gasteiger partial charge in [-0.3, -0.25) is 9.59 Å². The third-order valence-electron chi connectivity index (χ3n) is 4.21. The lowest BCUT2D eigenvalue weighted by Gasteiger charge is -2.38. The third kappa shape index (κ3) is 1.52. The molecule has 2 atom stereocenters. The van der Waals surface area contributed by atoms with E-state index in [4.69, 9.17) is 10.5 Å². The molecule has 1 aliphatic rings. The quantitative estimate of drug-likeness (QED) is 0.698. The Kier molecular flexibility index (Phi) is 2.81. The smallest absolute Gasteiger partial charge is 0.312 e. The van der Waals surface area contributed by atoms with E-state index in [-0.39, 0.29) is 17.8 Å². The number of nitrogens with two attached hydrogens (primary N) is 1. The van der Waals surface area contributed by atoms with Crippen molar-refractivity contribution in [3.05, 3.63) is 0 Å². The molecule has 0 aromatic carbocycles. The van der Waals surface area contributed by atoms with Crippen LogP contribution in [0.25, 0.3) is 0 Å². The van der Waals surface area contributed by atoms with Crippen LogP contribution in [-0.2, 0) is 14.3 Å². The Morgan fingerprint density at radius 3 is 2.20 bits per heavy atom. The van der Waals surface area contributed by atoms with Gasteiger partial charge in [0.25, 0.3) is 0 Å². The van der Waals surface area contributed by atoms with Crippen LogP contribution in [0.15, 0.2) is 0 Å². The summed E-state index contributed by atoms with van der Waals surface area (Å²) in [6.07, 6.45) is 1.31. The number of methoxy groups -OCH3 is 1. The standard InChI is InChI=1S/C11H19NO3/c1-10(2)7(8(12)13)5-6-11(10,3)9(14)15-4/h7H,5-6H2,1-4H3,(H2,12,13)/t7-,11+/m0/s1. The van der Waals surface area contributed by atoms with E-state index in [1.807, 2.05) is 20.8 Å². The zero-order valence-electron chi connectivity index (χ0n) is 9.79. The van der Waals surface area contributed by atoms with Gasteiger partial charge in [-0.2, -0.15) is 0 Å². The van der Waals surface area contributed by atoms with Gasteiger partial charge >= 0.3 is 5.97 Å². The molecule has 0 saturated heterocycles.